The average Bonchev–Trinajstić information content (AvgIpc) is 3.00. The minimum atomic E-state index is -0.0927. The van der Waals surface area contributed by atoms with E-state index in [1.54, 1.807) is 24.3 Å². The van der Waals surface area contributed by atoms with Crippen LogP contribution in [-0.2, 0) is 16.1 Å². The molecule has 6 heteroatoms. The Morgan fingerprint density at radius 2 is 2.50 bits per heavy atom. The van der Waals surface area contributed by atoms with E-state index in [1.807, 2.05) is 6.92 Å². The Morgan fingerprint density at radius 3 is 3.17 bits per heavy atom. The highest BCUT2D eigenvalue weighted by Crippen LogP contribution is 2.16. The van der Waals surface area contributed by atoms with Crippen LogP contribution in [0.3, 0.4) is 0 Å². The van der Waals surface area contributed by atoms with Gasteiger partial charge in [0.1, 0.15) is 5.82 Å². The summed E-state index contributed by atoms with van der Waals surface area (Å²) in [5.74, 6) is 0.810. The second-order valence-electron chi connectivity index (χ2n) is 4.54. The number of carbonyl (C=O) groups is 1. The second-order valence-corrected chi connectivity index (χ2v) is 4.54. The van der Waals surface area contributed by atoms with Gasteiger partial charge in [-0.3, -0.25) is 4.79 Å². The number of nitrogens with zero attached hydrogens (tertiary/aromatic N) is 2. The molecule has 0 aliphatic carbocycles. The molecule has 1 aliphatic heterocycles. The van der Waals surface area contributed by atoms with Gasteiger partial charge in [-0.25, -0.2) is 4.98 Å². The quantitative estimate of drug-likeness (QED) is 0.773. The number of likely N-dealkylation sites (N-methyl/N-ethyl adjacent to an activating group) is 1. The number of rotatable bonds is 5. The molecule has 0 aromatic carbocycles. The van der Waals surface area contributed by atoms with Crippen LogP contribution in [0.5, 0.6) is 0 Å². The smallest absolute Gasteiger partial charge is 0.229 e. The number of hydrogen-bond donors (Lipinski definition) is 2. The Balaban J connectivity index is 1.93. The van der Waals surface area contributed by atoms with E-state index in [-0.39, 0.29) is 17.9 Å². The van der Waals surface area contributed by atoms with Crippen LogP contribution >= 0.6 is 0 Å². The highest BCUT2D eigenvalue weighted by atomic mass is 16.5. The molecule has 1 amide bonds. The molecule has 0 bridgehead atoms. The molecule has 1 fully saturated rings. The molecule has 1 aromatic rings. The van der Waals surface area contributed by atoms with E-state index in [2.05, 4.69) is 15.3 Å². The van der Waals surface area contributed by atoms with Crippen molar-refractivity contribution in [2.45, 2.75) is 19.5 Å². The van der Waals surface area contributed by atoms with Crippen LogP contribution in [0.15, 0.2) is 12.4 Å². The van der Waals surface area contributed by atoms with Crippen LogP contribution in [0.4, 0.5) is 0 Å². The molecule has 6 nitrogen and oxygen atoms in total. The standard InChI is InChI=1S/C12H20N4O2/c1-3-13-10-8-18-7-9(10)12(17)16(2)6-11-14-4-5-15-11/h4-5,9-10,13H,3,6-8H2,1-2H3,(H,14,15). The Kier molecular flexibility index (Phi) is 4.33. The summed E-state index contributed by atoms with van der Waals surface area (Å²) in [6.07, 6.45) is 3.45. The Morgan fingerprint density at radius 1 is 1.67 bits per heavy atom. The lowest BCUT2D eigenvalue weighted by atomic mass is 10.0. The van der Waals surface area contributed by atoms with E-state index < -0.39 is 0 Å². The van der Waals surface area contributed by atoms with Gasteiger partial charge < -0.3 is 19.9 Å². The number of aromatic nitrogens is 2. The molecule has 1 aromatic heterocycles. The number of amides is 1. The van der Waals surface area contributed by atoms with E-state index in [0.717, 1.165) is 12.4 Å². The first kappa shape index (κ1) is 13.0. The molecule has 0 spiro atoms. The van der Waals surface area contributed by atoms with Gasteiger partial charge >= 0.3 is 0 Å². The number of nitrogens with one attached hydrogen (secondary N) is 2. The molecular weight excluding hydrogens is 232 g/mol. The van der Waals surface area contributed by atoms with Gasteiger partial charge in [-0.1, -0.05) is 6.92 Å². The van der Waals surface area contributed by atoms with Gasteiger partial charge in [0, 0.05) is 25.5 Å². The Bertz CT molecular complexity index is 379. The average molecular weight is 252 g/mol. The van der Waals surface area contributed by atoms with E-state index in [1.165, 1.54) is 0 Å². The van der Waals surface area contributed by atoms with Crippen molar-refractivity contribution in [3.63, 3.8) is 0 Å². The zero-order valence-corrected chi connectivity index (χ0v) is 10.8. The fourth-order valence-corrected chi connectivity index (χ4v) is 2.23. The highest BCUT2D eigenvalue weighted by molar-refractivity contribution is 5.79. The van der Waals surface area contributed by atoms with Crippen molar-refractivity contribution in [3.8, 4) is 0 Å². The van der Waals surface area contributed by atoms with Gasteiger partial charge in [0.25, 0.3) is 0 Å². The van der Waals surface area contributed by atoms with Crippen LogP contribution in [0.2, 0.25) is 0 Å². The van der Waals surface area contributed by atoms with Gasteiger partial charge in [-0.2, -0.15) is 0 Å². The lowest BCUT2D eigenvalue weighted by molar-refractivity contribution is -0.135. The van der Waals surface area contributed by atoms with Crippen molar-refractivity contribution in [3.05, 3.63) is 18.2 Å². The van der Waals surface area contributed by atoms with Crippen molar-refractivity contribution in [1.29, 1.82) is 0 Å². The minimum absolute atomic E-state index is 0.0927. The minimum Gasteiger partial charge on any atom is -0.379 e. The monoisotopic (exact) mass is 252 g/mol. The maximum Gasteiger partial charge on any atom is 0.229 e. The molecule has 0 radical (unpaired) electrons. The van der Waals surface area contributed by atoms with Crippen molar-refractivity contribution in [2.75, 3.05) is 26.8 Å². The molecule has 2 N–H and O–H groups in total. The highest BCUT2D eigenvalue weighted by Gasteiger charge is 2.35. The first-order valence-electron chi connectivity index (χ1n) is 6.26. The van der Waals surface area contributed by atoms with Crippen LogP contribution < -0.4 is 5.32 Å². The van der Waals surface area contributed by atoms with Gasteiger partial charge in [0.15, 0.2) is 0 Å². The third kappa shape index (κ3) is 2.88. The molecule has 2 atom stereocenters. The normalized spacial score (nSPS) is 23.2. The number of hydrogen-bond acceptors (Lipinski definition) is 4. The van der Waals surface area contributed by atoms with E-state index in [9.17, 15) is 4.79 Å². The van der Waals surface area contributed by atoms with Gasteiger partial charge in [-0.15, -0.1) is 0 Å². The maximum absolute atomic E-state index is 12.3. The fourth-order valence-electron chi connectivity index (χ4n) is 2.23. The van der Waals surface area contributed by atoms with Crippen molar-refractivity contribution < 1.29 is 9.53 Å². The summed E-state index contributed by atoms with van der Waals surface area (Å²) >= 11 is 0. The fraction of sp³-hybridized carbons (Fsp3) is 0.667. The number of H-pyrrole nitrogens is 1. The molecule has 0 saturated carbocycles. The molecule has 2 heterocycles. The maximum atomic E-state index is 12.3. The number of carbonyl (C=O) groups excluding carboxylic acids is 1. The number of ether oxygens (including phenoxy) is 1. The predicted molar refractivity (Wildman–Crippen MR) is 66.8 cm³/mol. The first-order chi connectivity index (χ1) is 8.72. The predicted octanol–water partition coefficient (Wildman–Crippen LogP) is -0.00740. The second kappa shape index (κ2) is 5.97. The third-order valence-electron chi connectivity index (χ3n) is 3.18. The molecule has 2 rings (SSSR count). The Hall–Kier alpha value is -1.40. The number of aromatic amines is 1. The number of imidazole rings is 1. The summed E-state index contributed by atoms with van der Waals surface area (Å²) in [7, 11) is 1.80. The summed E-state index contributed by atoms with van der Waals surface area (Å²) in [5, 5.41) is 3.29. The largest absolute Gasteiger partial charge is 0.379 e. The van der Waals surface area contributed by atoms with Crippen LogP contribution in [0.25, 0.3) is 0 Å². The topological polar surface area (TPSA) is 70.2 Å². The van der Waals surface area contributed by atoms with Gasteiger partial charge in [0.05, 0.1) is 25.7 Å². The molecule has 1 aliphatic rings. The van der Waals surface area contributed by atoms with Gasteiger partial charge in [0.2, 0.25) is 5.91 Å². The summed E-state index contributed by atoms with van der Waals surface area (Å²) in [5.41, 5.74) is 0. The molecule has 1 saturated heterocycles. The van der Waals surface area contributed by atoms with Crippen LogP contribution in [-0.4, -0.2) is 53.6 Å². The first-order valence-corrected chi connectivity index (χ1v) is 6.26. The van der Waals surface area contributed by atoms with Crippen molar-refractivity contribution in [1.82, 2.24) is 20.2 Å². The summed E-state index contributed by atoms with van der Waals surface area (Å²) in [6.45, 7) is 4.49. The zero-order chi connectivity index (χ0) is 13.0. The van der Waals surface area contributed by atoms with Crippen LogP contribution in [0.1, 0.15) is 12.7 Å². The van der Waals surface area contributed by atoms with Crippen LogP contribution in [0, 0.1) is 5.92 Å². The summed E-state index contributed by atoms with van der Waals surface area (Å²) in [6, 6.07) is 0.126. The van der Waals surface area contributed by atoms with Crippen molar-refractivity contribution >= 4 is 5.91 Å². The third-order valence-corrected chi connectivity index (χ3v) is 3.18. The Labute approximate surface area is 107 Å². The molecule has 100 valence electrons. The van der Waals surface area contributed by atoms with E-state index in [4.69, 9.17) is 4.74 Å². The molecule has 18 heavy (non-hydrogen) atoms. The zero-order valence-electron chi connectivity index (χ0n) is 10.8. The van der Waals surface area contributed by atoms with E-state index >= 15 is 0 Å². The lowest BCUT2D eigenvalue weighted by Gasteiger charge is -2.23. The summed E-state index contributed by atoms with van der Waals surface area (Å²) in [4.78, 5) is 21.1. The SMILES string of the molecule is CCNC1COCC1C(=O)N(C)Cc1ncc[nH]1. The van der Waals surface area contributed by atoms with Crippen molar-refractivity contribution in [2.24, 2.45) is 5.92 Å². The van der Waals surface area contributed by atoms with Gasteiger partial charge in [-0.05, 0) is 6.54 Å². The molecule has 2 unspecified atom stereocenters. The molecular formula is C12H20N4O2. The van der Waals surface area contributed by atoms with E-state index in [0.29, 0.717) is 19.8 Å². The lowest BCUT2D eigenvalue weighted by Crippen LogP contribution is -2.44. The summed E-state index contributed by atoms with van der Waals surface area (Å²) < 4.78 is 5.40.